The van der Waals surface area contributed by atoms with Crippen LogP contribution in [0.25, 0.3) is 10.2 Å². The highest BCUT2D eigenvalue weighted by Gasteiger charge is 2.08. The van der Waals surface area contributed by atoms with Crippen molar-refractivity contribution >= 4 is 32.4 Å². The van der Waals surface area contributed by atoms with Crippen LogP contribution in [0.2, 0.25) is 0 Å². The fourth-order valence-electron chi connectivity index (χ4n) is 2.22. The first-order valence-electron chi connectivity index (χ1n) is 7.25. The summed E-state index contributed by atoms with van der Waals surface area (Å²) >= 11 is 1.58. The Balaban J connectivity index is 1.89. The Morgan fingerprint density at radius 3 is 2.39 bits per heavy atom. The Hall–Kier alpha value is -2.47. The summed E-state index contributed by atoms with van der Waals surface area (Å²) in [6, 6.07) is 11.5. The zero-order valence-electron chi connectivity index (χ0n) is 13.3. The fourth-order valence-corrected chi connectivity index (χ4v) is 3.13. The minimum Gasteiger partial charge on any atom is -0.497 e. The van der Waals surface area contributed by atoms with E-state index < -0.39 is 0 Å². The van der Waals surface area contributed by atoms with Crippen molar-refractivity contribution in [2.24, 2.45) is 0 Å². The number of methoxy groups -OCH3 is 2. The molecular formula is C17H18N2O3S. The molecule has 1 heterocycles. The lowest BCUT2D eigenvalue weighted by Gasteiger charge is -2.08. The van der Waals surface area contributed by atoms with E-state index in [9.17, 15) is 0 Å². The molecule has 0 fully saturated rings. The Labute approximate surface area is 138 Å². The topological polar surface area (TPSA) is 52.6 Å². The lowest BCUT2D eigenvalue weighted by Crippen LogP contribution is -1.93. The number of nitrogens with one attached hydrogen (secondary N) is 1. The van der Waals surface area contributed by atoms with E-state index >= 15 is 0 Å². The molecule has 0 saturated carbocycles. The zero-order chi connectivity index (χ0) is 16.2. The van der Waals surface area contributed by atoms with Crippen molar-refractivity contribution in [3.63, 3.8) is 0 Å². The minimum absolute atomic E-state index is 0.652. The van der Waals surface area contributed by atoms with Gasteiger partial charge in [-0.05, 0) is 25.1 Å². The van der Waals surface area contributed by atoms with Gasteiger partial charge in [0.2, 0.25) is 0 Å². The van der Waals surface area contributed by atoms with Gasteiger partial charge in [0.1, 0.15) is 17.2 Å². The molecule has 3 rings (SSSR count). The van der Waals surface area contributed by atoms with Gasteiger partial charge in [0.05, 0.1) is 31.0 Å². The zero-order valence-corrected chi connectivity index (χ0v) is 14.1. The maximum atomic E-state index is 5.53. The normalized spacial score (nSPS) is 10.6. The summed E-state index contributed by atoms with van der Waals surface area (Å²) in [6.45, 7) is 2.62. The molecule has 1 N–H and O–H groups in total. The quantitative estimate of drug-likeness (QED) is 0.723. The van der Waals surface area contributed by atoms with Crippen molar-refractivity contribution in [1.29, 1.82) is 0 Å². The van der Waals surface area contributed by atoms with Gasteiger partial charge in [0.25, 0.3) is 0 Å². The van der Waals surface area contributed by atoms with Gasteiger partial charge in [0, 0.05) is 23.9 Å². The molecule has 0 aliphatic carbocycles. The molecule has 0 aliphatic rings. The summed E-state index contributed by atoms with van der Waals surface area (Å²) in [6.07, 6.45) is 0. The van der Waals surface area contributed by atoms with Crippen LogP contribution in [0.3, 0.4) is 0 Å². The molecule has 2 aromatic carbocycles. The molecule has 0 spiro atoms. The van der Waals surface area contributed by atoms with E-state index in [0.717, 1.165) is 38.3 Å². The Morgan fingerprint density at radius 2 is 1.74 bits per heavy atom. The van der Waals surface area contributed by atoms with E-state index in [1.807, 2.05) is 43.3 Å². The lowest BCUT2D eigenvalue weighted by molar-refractivity contribution is 0.341. The van der Waals surface area contributed by atoms with E-state index in [1.54, 1.807) is 25.6 Å². The highest BCUT2D eigenvalue weighted by molar-refractivity contribution is 7.22. The number of hydrogen-bond acceptors (Lipinski definition) is 6. The maximum Gasteiger partial charge on any atom is 0.188 e. The van der Waals surface area contributed by atoms with Gasteiger partial charge in [0.15, 0.2) is 5.13 Å². The largest absolute Gasteiger partial charge is 0.497 e. The average molecular weight is 330 g/mol. The van der Waals surface area contributed by atoms with Crippen molar-refractivity contribution < 1.29 is 14.2 Å². The molecule has 0 atom stereocenters. The molecular weight excluding hydrogens is 312 g/mol. The minimum atomic E-state index is 0.652. The molecule has 120 valence electrons. The summed E-state index contributed by atoms with van der Waals surface area (Å²) in [4.78, 5) is 4.59. The van der Waals surface area contributed by atoms with Gasteiger partial charge in [-0.1, -0.05) is 11.3 Å². The maximum absolute atomic E-state index is 5.53. The molecule has 0 bridgehead atoms. The standard InChI is InChI=1S/C17H18N2O3S/c1-4-22-12-5-6-15-16(10-12)23-17(19-15)18-11-7-13(20-2)9-14(8-11)21-3/h5-10H,4H2,1-3H3,(H,18,19). The van der Waals surface area contributed by atoms with Crippen LogP contribution in [0.5, 0.6) is 17.2 Å². The van der Waals surface area contributed by atoms with Crippen LogP contribution in [0, 0.1) is 0 Å². The van der Waals surface area contributed by atoms with Crippen molar-refractivity contribution in [3.8, 4) is 17.2 Å². The summed E-state index contributed by atoms with van der Waals surface area (Å²) in [5.41, 5.74) is 1.81. The predicted molar refractivity (Wildman–Crippen MR) is 93.6 cm³/mol. The van der Waals surface area contributed by atoms with Gasteiger partial charge in [-0.15, -0.1) is 0 Å². The Bertz CT molecular complexity index is 794. The molecule has 6 heteroatoms. The number of thiazole rings is 1. The summed E-state index contributed by atoms with van der Waals surface area (Å²) < 4.78 is 17.2. The Morgan fingerprint density at radius 1 is 1.00 bits per heavy atom. The molecule has 0 aliphatic heterocycles. The van der Waals surface area contributed by atoms with Crippen molar-refractivity contribution in [2.45, 2.75) is 6.92 Å². The third-order valence-electron chi connectivity index (χ3n) is 3.27. The van der Waals surface area contributed by atoms with Crippen LogP contribution in [0.15, 0.2) is 36.4 Å². The second kappa shape index (κ2) is 6.75. The summed E-state index contributed by atoms with van der Waals surface area (Å²) in [7, 11) is 3.26. The van der Waals surface area contributed by atoms with Crippen LogP contribution >= 0.6 is 11.3 Å². The molecule has 0 radical (unpaired) electrons. The van der Waals surface area contributed by atoms with Crippen LogP contribution in [0.4, 0.5) is 10.8 Å². The van der Waals surface area contributed by atoms with Crippen molar-refractivity contribution in [1.82, 2.24) is 4.98 Å². The third kappa shape index (κ3) is 3.48. The second-order valence-corrected chi connectivity index (χ2v) is 5.84. The molecule has 0 amide bonds. The third-order valence-corrected chi connectivity index (χ3v) is 4.21. The number of fused-ring (bicyclic) bond motifs is 1. The average Bonchev–Trinajstić information content (AvgIpc) is 2.96. The van der Waals surface area contributed by atoms with E-state index in [4.69, 9.17) is 14.2 Å². The van der Waals surface area contributed by atoms with Crippen molar-refractivity contribution in [2.75, 3.05) is 26.1 Å². The highest BCUT2D eigenvalue weighted by Crippen LogP contribution is 2.33. The number of rotatable bonds is 6. The molecule has 0 unspecified atom stereocenters. The molecule has 23 heavy (non-hydrogen) atoms. The molecule has 0 saturated heterocycles. The van der Waals surface area contributed by atoms with Gasteiger partial charge in [-0.3, -0.25) is 0 Å². The van der Waals surface area contributed by atoms with Crippen LogP contribution < -0.4 is 19.5 Å². The molecule has 1 aromatic heterocycles. The van der Waals surface area contributed by atoms with Crippen LogP contribution in [-0.4, -0.2) is 25.8 Å². The van der Waals surface area contributed by atoms with Gasteiger partial charge >= 0.3 is 0 Å². The van der Waals surface area contributed by atoms with Crippen LogP contribution in [0.1, 0.15) is 6.92 Å². The van der Waals surface area contributed by atoms with Crippen LogP contribution in [-0.2, 0) is 0 Å². The van der Waals surface area contributed by atoms with Gasteiger partial charge < -0.3 is 19.5 Å². The first-order chi connectivity index (χ1) is 11.2. The van der Waals surface area contributed by atoms with Crippen molar-refractivity contribution in [3.05, 3.63) is 36.4 Å². The van der Waals surface area contributed by atoms with Gasteiger partial charge in [-0.25, -0.2) is 4.98 Å². The summed E-state index contributed by atoms with van der Waals surface area (Å²) in [5, 5.41) is 4.11. The molecule has 3 aromatic rings. The smallest absolute Gasteiger partial charge is 0.188 e. The van der Waals surface area contributed by atoms with Gasteiger partial charge in [-0.2, -0.15) is 0 Å². The highest BCUT2D eigenvalue weighted by atomic mass is 32.1. The first-order valence-corrected chi connectivity index (χ1v) is 8.07. The van der Waals surface area contributed by atoms with E-state index in [-0.39, 0.29) is 0 Å². The lowest BCUT2D eigenvalue weighted by atomic mass is 10.3. The SMILES string of the molecule is CCOc1ccc2nc(Nc3cc(OC)cc(OC)c3)sc2c1. The number of benzene rings is 2. The fraction of sp³-hybridized carbons (Fsp3) is 0.235. The number of ether oxygens (including phenoxy) is 3. The van der Waals surface area contributed by atoms with E-state index in [1.165, 1.54) is 0 Å². The predicted octanol–water partition coefficient (Wildman–Crippen LogP) is 4.46. The number of nitrogens with zero attached hydrogens (tertiary/aromatic N) is 1. The Kier molecular flexibility index (Phi) is 4.52. The second-order valence-electron chi connectivity index (χ2n) is 4.81. The number of hydrogen-bond donors (Lipinski definition) is 1. The van der Waals surface area contributed by atoms with E-state index in [2.05, 4.69) is 10.3 Å². The monoisotopic (exact) mass is 330 g/mol. The van der Waals surface area contributed by atoms with E-state index in [0.29, 0.717) is 6.61 Å². The number of anilines is 2. The first kappa shape index (κ1) is 15.4. The number of aromatic nitrogens is 1. The summed E-state index contributed by atoms with van der Waals surface area (Å²) in [5.74, 6) is 2.32. The molecule has 5 nitrogen and oxygen atoms in total.